The maximum atomic E-state index is 12.1. The van der Waals surface area contributed by atoms with E-state index in [9.17, 15) is 14.4 Å². The maximum absolute atomic E-state index is 12.1. The Balaban J connectivity index is 2.03. The van der Waals surface area contributed by atoms with Crippen molar-refractivity contribution >= 4 is 33.7 Å². The number of carbonyl (C=O) groups excluding carboxylic acids is 3. The van der Waals surface area contributed by atoms with Gasteiger partial charge in [-0.1, -0.05) is 15.9 Å². The summed E-state index contributed by atoms with van der Waals surface area (Å²) >= 11 is 3.25. The molecule has 0 saturated carbocycles. The van der Waals surface area contributed by atoms with Crippen molar-refractivity contribution in [2.24, 2.45) is 0 Å². The molecule has 1 aliphatic heterocycles. The highest BCUT2D eigenvalue weighted by molar-refractivity contribution is 9.10. The van der Waals surface area contributed by atoms with E-state index in [0.717, 1.165) is 9.37 Å². The number of rotatable bonds is 5. The van der Waals surface area contributed by atoms with Crippen molar-refractivity contribution in [3.63, 3.8) is 0 Å². The van der Waals surface area contributed by atoms with Gasteiger partial charge in [0.15, 0.2) is 0 Å². The summed E-state index contributed by atoms with van der Waals surface area (Å²) in [5, 5.41) is 11.1. The molecule has 20 heavy (non-hydrogen) atoms. The van der Waals surface area contributed by atoms with Gasteiger partial charge in [0.2, 0.25) is 5.91 Å². The summed E-state index contributed by atoms with van der Waals surface area (Å²) in [5.41, 5.74) is 0.703. The zero-order valence-corrected chi connectivity index (χ0v) is 12.1. The first-order valence-corrected chi connectivity index (χ1v) is 6.87. The third-order valence-electron chi connectivity index (χ3n) is 2.93. The molecule has 0 bridgehead atoms. The van der Waals surface area contributed by atoms with E-state index in [4.69, 9.17) is 5.11 Å². The molecule has 0 aliphatic carbocycles. The fourth-order valence-corrected chi connectivity index (χ4v) is 2.32. The first-order valence-electron chi connectivity index (χ1n) is 6.08. The number of benzene rings is 1. The second kappa shape index (κ2) is 6.15. The topological polar surface area (TPSA) is 86.7 Å². The lowest BCUT2D eigenvalue weighted by atomic mass is 10.1. The Kier molecular flexibility index (Phi) is 4.51. The summed E-state index contributed by atoms with van der Waals surface area (Å²) in [4.78, 5) is 36.6. The first kappa shape index (κ1) is 14.7. The number of nitrogens with zero attached hydrogens (tertiary/aromatic N) is 1. The average molecular weight is 341 g/mol. The van der Waals surface area contributed by atoms with E-state index in [-0.39, 0.29) is 43.8 Å². The zero-order chi connectivity index (χ0) is 14.7. The van der Waals surface area contributed by atoms with Crippen LogP contribution in [-0.2, 0) is 4.79 Å². The molecule has 1 heterocycles. The Morgan fingerprint density at radius 1 is 1.25 bits per heavy atom. The minimum atomic E-state index is -0.388. The molecule has 106 valence electrons. The fraction of sp³-hybridized carbons (Fsp3) is 0.308. The molecular weight excluding hydrogens is 328 g/mol. The summed E-state index contributed by atoms with van der Waals surface area (Å²) in [6, 6.07) is 4.88. The van der Waals surface area contributed by atoms with Gasteiger partial charge in [0.25, 0.3) is 11.8 Å². The lowest BCUT2D eigenvalue weighted by Crippen LogP contribution is -2.35. The molecule has 3 amide bonds. The molecular formula is C13H13BrN2O4. The quantitative estimate of drug-likeness (QED) is 0.766. The molecule has 0 saturated heterocycles. The third kappa shape index (κ3) is 2.88. The molecule has 0 fully saturated rings. The number of imide groups is 1. The number of nitrogens with one attached hydrogen (secondary N) is 1. The molecule has 1 aliphatic rings. The number of aliphatic hydroxyl groups is 1. The zero-order valence-electron chi connectivity index (χ0n) is 10.6. The number of hydrogen-bond donors (Lipinski definition) is 2. The Morgan fingerprint density at radius 3 is 2.65 bits per heavy atom. The van der Waals surface area contributed by atoms with Gasteiger partial charge in [0.05, 0.1) is 17.7 Å². The number of amides is 3. The molecule has 0 atom stereocenters. The van der Waals surface area contributed by atoms with Gasteiger partial charge in [-0.05, 0) is 18.2 Å². The van der Waals surface area contributed by atoms with Crippen LogP contribution in [0.25, 0.3) is 0 Å². The first-order chi connectivity index (χ1) is 9.54. The van der Waals surface area contributed by atoms with Gasteiger partial charge in [-0.15, -0.1) is 0 Å². The van der Waals surface area contributed by atoms with Crippen LogP contribution in [-0.4, -0.2) is 47.4 Å². The number of aliphatic hydroxyl groups excluding tert-OH is 1. The number of halogens is 1. The minimum Gasteiger partial charge on any atom is -0.395 e. The highest BCUT2D eigenvalue weighted by Gasteiger charge is 2.35. The van der Waals surface area contributed by atoms with Crippen molar-refractivity contribution in [1.29, 1.82) is 0 Å². The largest absolute Gasteiger partial charge is 0.395 e. The standard InChI is InChI=1S/C13H13BrN2O4/c14-8-1-2-9-10(7-8)13(20)16(12(9)19)5-3-11(18)15-4-6-17/h1-2,7,17H,3-6H2,(H,15,18). The van der Waals surface area contributed by atoms with E-state index in [2.05, 4.69) is 21.2 Å². The molecule has 0 unspecified atom stereocenters. The lowest BCUT2D eigenvalue weighted by Gasteiger charge is -2.13. The molecule has 0 radical (unpaired) electrons. The van der Waals surface area contributed by atoms with Gasteiger partial charge in [0, 0.05) is 24.0 Å². The molecule has 0 aromatic heterocycles. The molecule has 1 aromatic rings. The smallest absolute Gasteiger partial charge is 0.261 e. The van der Waals surface area contributed by atoms with Crippen molar-refractivity contribution in [1.82, 2.24) is 10.2 Å². The van der Waals surface area contributed by atoms with Gasteiger partial charge < -0.3 is 10.4 Å². The Hall–Kier alpha value is -1.73. The van der Waals surface area contributed by atoms with Crippen molar-refractivity contribution in [2.75, 3.05) is 19.7 Å². The third-order valence-corrected chi connectivity index (χ3v) is 3.42. The van der Waals surface area contributed by atoms with E-state index in [1.54, 1.807) is 18.2 Å². The molecule has 2 rings (SSSR count). The van der Waals surface area contributed by atoms with Crippen LogP contribution in [0.4, 0.5) is 0 Å². The van der Waals surface area contributed by atoms with Crippen molar-refractivity contribution < 1.29 is 19.5 Å². The Labute approximate surface area is 123 Å². The fourth-order valence-electron chi connectivity index (χ4n) is 1.96. The normalized spacial score (nSPS) is 13.6. The number of carbonyl (C=O) groups is 3. The van der Waals surface area contributed by atoms with E-state index in [1.165, 1.54) is 0 Å². The van der Waals surface area contributed by atoms with Crippen LogP contribution in [0, 0.1) is 0 Å². The van der Waals surface area contributed by atoms with Gasteiger partial charge in [-0.2, -0.15) is 0 Å². The average Bonchev–Trinajstić information content (AvgIpc) is 2.66. The predicted molar refractivity (Wildman–Crippen MR) is 74.2 cm³/mol. The molecule has 1 aromatic carbocycles. The van der Waals surface area contributed by atoms with E-state index in [0.29, 0.717) is 11.1 Å². The Bertz CT molecular complexity index is 573. The van der Waals surface area contributed by atoms with Crippen LogP contribution in [0.5, 0.6) is 0 Å². The summed E-state index contributed by atoms with van der Waals surface area (Å²) in [5.74, 6) is -1.08. The predicted octanol–water partition coefficient (Wildman–Crippen LogP) is 0.544. The molecule has 2 N–H and O–H groups in total. The summed E-state index contributed by atoms with van der Waals surface area (Å²) < 4.78 is 0.722. The van der Waals surface area contributed by atoms with Crippen molar-refractivity contribution in [2.45, 2.75) is 6.42 Å². The van der Waals surface area contributed by atoms with Crippen LogP contribution in [0.3, 0.4) is 0 Å². The van der Waals surface area contributed by atoms with Crippen LogP contribution >= 0.6 is 15.9 Å². The van der Waals surface area contributed by atoms with Gasteiger partial charge in [-0.3, -0.25) is 19.3 Å². The van der Waals surface area contributed by atoms with Crippen LogP contribution in [0.1, 0.15) is 27.1 Å². The Morgan fingerprint density at radius 2 is 1.95 bits per heavy atom. The van der Waals surface area contributed by atoms with Gasteiger partial charge in [0.1, 0.15) is 0 Å². The highest BCUT2D eigenvalue weighted by Crippen LogP contribution is 2.25. The molecule has 7 heteroatoms. The monoisotopic (exact) mass is 340 g/mol. The van der Waals surface area contributed by atoms with Crippen LogP contribution in [0.2, 0.25) is 0 Å². The summed E-state index contributed by atoms with van der Waals surface area (Å²) in [6.45, 7) is 0.0436. The number of fused-ring (bicyclic) bond motifs is 1. The molecule has 6 nitrogen and oxygen atoms in total. The maximum Gasteiger partial charge on any atom is 0.261 e. The number of hydrogen-bond acceptors (Lipinski definition) is 4. The van der Waals surface area contributed by atoms with E-state index < -0.39 is 0 Å². The SMILES string of the molecule is O=C(CCN1C(=O)c2ccc(Br)cc2C1=O)NCCO. The van der Waals surface area contributed by atoms with Crippen molar-refractivity contribution in [3.8, 4) is 0 Å². The van der Waals surface area contributed by atoms with Gasteiger partial charge >= 0.3 is 0 Å². The second-order valence-corrected chi connectivity index (χ2v) is 5.19. The lowest BCUT2D eigenvalue weighted by molar-refractivity contribution is -0.121. The van der Waals surface area contributed by atoms with Crippen LogP contribution < -0.4 is 5.32 Å². The minimum absolute atomic E-state index is 0.0205. The molecule has 0 spiro atoms. The summed E-state index contributed by atoms with van der Waals surface area (Å²) in [7, 11) is 0. The second-order valence-electron chi connectivity index (χ2n) is 4.28. The van der Waals surface area contributed by atoms with Crippen molar-refractivity contribution in [3.05, 3.63) is 33.8 Å². The summed E-state index contributed by atoms with van der Waals surface area (Å²) in [6.07, 6.45) is 0.0205. The van der Waals surface area contributed by atoms with Crippen LogP contribution in [0.15, 0.2) is 22.7 Å². The van der Waals surface area contributed by atoms with E-state index in [1.807, 2.05) is 0 Å². The van der Waals surface area contributed by atoms with Gasteiger partial charge in [-0.25, -0.2) is 0 Å². The highest BCUT2D eigenvalue weighted by atomic mass is 79.9. The van der Waals surface area contributed by atoms with E-state index >= 15 is 0 Å².